The van der Waals surface area contributed by atoms with Crippen LogP contribution in [-0.2, 0) is 0 Å². The molecule has 0 bridgehead atoms. The van der Waals surface area contributed by atoms with Crippen molar-refractivity contribution >= 4 is 23.3 Å². The number of benzene rings is 1. The third kappa shape index (κ3) is 3.65. The summed E-state index contributed by atoms with van der Waals surface area (Å²) < 4.78 is 0. The van der Waals surface area contributed by atoms with E-state index < -0.39 is 0 Å². The van der Waals surface area contributed by atoms with E-state index in [2.05, 4.69) is 0 Å². The first-order chi connectivity index (χ1) is 8.47. The maximum atomic E-state index is 9.33. The molecule has 0 aliphatic rings. The lowest BCUT2D eigenvalue weighted by molar-refractivity contribution is 0.187. The van der Waals surface area contributed by atoms with Crippen LogP contribution >= 0.6 is 11.8 Å². The van der Waals surface area contributed by atoms with Crippen LogP contribution in [0.5, 0.6) is 0 Å². The zero-order valence-electron chi connectivity index (χ0n) is 11.1. The van der Waals surface area contributed by atoms with E-state index in [9.17, 15) is 5.11 Å². The second-order valence-corrected chi connectivity index (χ2v) is 5.18. The van der Waals surface area contributed by atoms with E-state index in [4.69, 9.17) is 11.1 Å². The van der Waals surface area contributed by atoms with Crippen LogP contribution < -0.4 is 10.6 Å². The predicted molar refractivity (Wildman–Crippen MR) is 78.8 cm³/mol. The molecule has 0 aliphatic carbocycles. The Kier molecular flexibility index (Phi) is 5.50. The van der Waals surface area contributed by atoms with Gasteiger partial charge in [0.05, 0.1) is 11.7 Å². The van der Waals surface area contributed by atoms with Gasteiger partial charge in [-0.3, -0.25) is 5.41 Å². The summed E-state index contributed by atoms with van der Waals surface area (Å²) in [6.45, 7) is 2.51. The Morgan fingerprint density at radius 2 is 2.22 bits per heavy atom. The zero-order chi connectivity index (χ0) is 13.7. The molecule has 5 heteroatoms. The highest BCUT2D eigenvalue weighted by atomic mass is 32.2. The molecule has 1 unspecified atom stereocenters. The molecule has 1 aromatic rings. The number of amidine groups is 1. The molecule has 0 saturated carbocycles. The van der Waals surface area contributed by atoms with Gasteiger partial charge in [0.2, 0.25) is 0 Å². The lowest BCUT2D eigenvalue weighted by Crippen LogP contribution is -2.25. The van der Waals surface area contributed by atoms with Crippen molar-refractivity contribution in [2.45, 2.75) is 24.3 Å². The number of nitrogens with one attached hydrogen (secondary N) is 1. The van der Waals surface area contributed by atoms with Crippen molar-refractivity contribution in [3.05, 3.63) is 23.8 Å². The fraction of sp³-hybridized carbons (Fsp3) is 0.462. The predicted octanol–water partition coefficient (Wildman–Crippen LogP) is 1.90. The molecule has 0 saturated heterocycles. The Morgan fingerprint density at radius 3 is 2.72 bits per heavy atom. The molecule has 4 N–H and O–H groups in total. The van der Waals surface area contributed by atoms with Crippen LogP contribution in [0.3, 0.4) is 0 Å². The normalized spacial score (nSPS) is 12.2. The van der Waals surface area contributed by atoms with Crippen LogP contribution in [0.2, 0.25) is 0 Å². The molecule has 0 amide bonds. The minimum atomic E-state index is -0.322. The molecule has 0 heterocycles. The van der Waals surface area contributed by atoms with Crippen molar-refractivity contribution < 1.29 is 5.11 Å². The number of hydrogen-bond acceptors (Lipinski definition) is 4. The van der Waals surface area contributed by atoms with E-state index in [0.717, 1.165) is 22.7 Å². The summed E-state index contributed by atoms with van der Waals surface area (Å²) in [4.78, 5) is 3.03. The SMILES string of the molecule is CSc1cccc(N(C)CCC(C)O)c1C(=N)N. The Morgan fingerprint density at radius 1 is 1.56 bits per heavy atom. The maximum absolute atomic E-state index is 9.33. The van der Waals surface area contributed by atoms with E-state index >= 15 is 0 Å². The molecule has 0 spiro atoms. The van der Waals surface area contributed by atoms with Gasteiger partial charge in [-0.05, 0) is 31.7 Å². The number of hydrogen-bond donors (Lipinski definition) is 3. The molecule has 0 aliphatic heterocycles. The summed E-state index contributed by atoms with van der Waals surface area (Å²) in [6.07, 6.45) is 2.34. The molecule has 100 valence electrons. The van der Waals surface area contributed by atoms with Crippen LogP contribution in [0.4, 0.5) is 5.69 Å². The van der Waals surface area contributed by atoms with Gasteiger partial charge in [-0.2, -0.15) is 0 Å². The van der Waals surface area contributed by atoms with E-state index in [-0.39, 0.29) is 11.9 Å². The number of aliphatic hydroxyl groups excluding tert-OH is 1. The molecule has 1 atom stereocenters. The van der Waals surface area contributed by atoms with Crippen LogP contribution in [-0.4, -0.2) is 36.9 Å². The van der Waals surface area contributed by atoms with Gasteiger partial charge in [0, 0.05) is 24.2 Å². The van der Waals surface area contributed by atoms with E-state index in [0.29, 0.717) is 6.42 Å². The number of rotatable bonds is 6. The highest BCUT2D eigenvalue weighted by molar-refractivity contribution is 7.98. The minimum Gasteiger partial charge on any atom is -0.393 e. The molecule has 1 rings (SSSR count). The standard InChI is InChI=1S/C13H21N3OS/c1-9(17)7-8-16(2)10-5-4-6-11(18-3)12(10)13(14)15/h4-6,9,17H,7-8H2,1-3H3,(H3,14,15). The molecule has 0 aromatic heterocycles. The highest BCUT2D eigenvalue weighted by Crippen LogP contribution is 2.28. The number of anilines is 1. The van der Waals surface area contributed by atoms with Crippen LogP contribution in [0.25, 0.3) is 0 Å². The van der Waals surface area contributed by atoms with Gasteiger partial charge in [-0.15, -0.1) is 11.8 Å². The first-order valence-electron chi connectivity index (χ1n) is 5.88. The number of nitrogens with two attached hydrogens (primary N) is 1. The van der Waals surface area contributed by atoms with Crippen molar-refractivity contribution in [2.24, 2.45) is 5.73 Å². The molecule has 4 nitrogen and oxygen atoms in total. The Balaban J connectivity index is 3.03. The average Bonchev–Trinajstić information content (AvgIpc) is 2.34. The maximum Gasteiger partial charge on any atom is 0.126 e. The van der Waals surface area contributed by atoms with Gasteiger partial charge in [-0.25, -0.2) is 0 Å². The smallest absolute Gasteiger partial charge is 0.126 e. The van der Waals surface area contributed by atoms with Gasteiger partial charge in [0.1, 0.15) is 5.84 Å². The fourth-order valence-electron chi connectivity index (χ4n) is 1.78. The number of nitrogen functional groups attached to an aromatic ring is 1. The summed E-state index contributed by atoms with van der Waals surface area (Å²) in [5, 5.41) is 17.0. The van der Waals surface area contributed by atoms with Gasteiger partial charge in [0.15, 0.2) is 0 Å². The summed E-state index contributed by atoms with van der Waals surface area (Å²) in [7, 11) is 1.95. The van der Waals surface area contributed by atoms with Crippen molar-refractivity contribution in [2.75, 3.05) is 24.7 Å². The van der Waals surface area contributed by atoms with E-state index in [1.54, 1.807) is 18.7 Å². The Bertz CT molecular complexity index is 421. The summed E-state index contributed by atoms with van der Waals surface area (Å²) in [6, 6.07) is 5.89. The average molecular weight is 267 g/mol. The fourth-order valence-corrected chi connectivity index (χ4v) is 2.41. The Labute approximate surface area is 113 Å². The summed E-state index contributed by atoms with van der Waals surface area (Å²) >= 11 is 1.58. The van der Waals surface area contributed by atoms with Gasteiger partial charge in [-0.1, -0.05) is 6.07 Å². The van der Waals surface area contributed by atoms with Crippen LogP contribution in [0, 0.1) is 5.41 Å². The summed E-state index contributed by atoms with van der Waals surface area (Å²) in [5.41, 5.74) is 7.39. The topological polar surface area (TPSA) is 73.3 Å². The molecule has 0 fully saturated rings. The number of thioether (sulfide) groups is 1. The number of aliphatic hydroxyl groups is 1. The quantitative estimate of drug-likeness (QED) is 0.418. The van der Waals surface area contributed by atoms with E-state index in [1.165, 1.54) is 0 Å². The van der Waals surface area contributed by atoms with Crippen molar-refractivity contribution in [3.8, 4) is 0 Å². The number of nitrogens with zero attached hydrogens (tertiary/aromatic N) is 1. The first kappa shape index (κ1) is 14.9. The third-order valence-corrected chi connectivity index (χ3v) is 3.57. The molecular weight excluding hydrogens is 246 g/mol. The van der Waals surface area contributed by atoms with Gasteiger partial charge >= 0.3 is 0 Å². The lowest BCUT2D eigenvalue weighted by atomic mass is 10.1. The van der Waals surface area contributed by atoms with Crippen molar-refractivity contribution in [1.82, 2.24) is 0 Å². The Hall–Kier alpha value is -1.20. The monoisotopic (exact) mass is 267 g/mol. The zero-order valence-corrected chi connectivity index (χ0v) is 11.9. The van der Waals surface area contributed by atoms with Crippen molar-refractivity contribution in [1.29, 1.82) is 5.41 Å². The second kappa shape index (κ2) is 6.66. The van der Waals surface area contributed by atoms with Crippen molar-refractivity contribution in [3.63, 3.8) is 0 Å². The lowest BCUT2D eigenvalue weighted by Gasteiger charge is -2.24. The first-order valence-corrected chi connectivity index (χ1v) is 7.10. The van der Waals surface area contributed by atoms with Crippen LogP contribution in [0.1, 0.15) is 18.9 Å². The molecule has 1 aromatic carbocycles. The largest absolute Gasteiger partial charge is 0.393 e. The van der Waals surface area contributed by atoms with E-state index in [1.807, 2.05) is 36.4 Å². The highest BCUT2D eigenvalue weighted by Gasteiger charge is 2.14. The summed E-state index contributed by atoms with van der Waals surface area (Å²) in [5.74, 6) is 0.0823. The van der Waals surface area contributed by atoms with Gasteiger partial charge < -0.3 is 15.7 Å². The molecule has 18 heavy (non-hydrogen) atoms. The molecular formula is C13H21N3OS. The van der Waals surface area contributed by atoms with Gasteiger partial charge in [0.25, 0.3) is 0 Å². The molecule has 0 radical (unpaired) electrons. The second-order valence-electron chi connectivity index (χ2n) is 4.33. The minimum absolute atomic E-state index is 0.0823. The van der Waals surface area contributed by atoms with Crippen LogP contribution in [0.15, 0.2) is 23.1 Å². The third-order valence-electron chi connectivity index (χ3n) is 2.79.